The number of nitrogens with two attached hydrogens (primary N) is 1. The van der Waals surface area contributed by atoms with Crippen LogP contribution in [0.1, 0.15) is 31.5 Å². The van der Waals surface area contributed by atoms with Gasteiger partial charge in [0.25, 0.3) is 0 Å². The SMILES string of the molecule is CC(C)CC(NC(=O)C(Cc1cnc[nH]1)NC(=O)C(CS)NC(=O)C(N)Cc1ccc(O)cc1)C(=O)O. The quantitative estimate of drug-likeness (QED) is 0.152. The Kier molecular flexibility index (Phi) is 11.4. The van der Waals surface area contributed by atoms with E-state index in [4.69, 9.17) is 5.73 Å². The van der Waals surface area contributed by atoms with Crippen LogP contribution >= 0.6 is 12.6 Å². The Bertz CT molecular complexity index is 1050. The summed E-state index contributed by atoms with van der Waals surface area (Å²) in [7, 11) is 0. The molecule has 0 saturated heterocycles. The van der Waals surface area contributed by atoms with Crippen LogP contribution < -0.4 is 21.7 Å². The monoisotopic (exact) mass is 534 g/mol. The van der Waals surface area contributed by atoms with E-state index in [1.165, 1.54) is 24.7 Å². The summed E-state index contributed by atoms with van der Waals surface area (Å²) < 4.78 is 0. The zero-order valence-electron chi connectivity index (χ0n) is 20.7. The highest BCUT2D eigenvalue weighted by Crippen LogP contribution is 2.11. The minimum atomic E-state index is -1.18. The molecule has 8 N–H and O–H groups in total. The van der Waals surface area contributed by atoms with Gasteiger partial charge in [0.05, 0.1) is 12.4 Å². The fourth-order valence-electron chi connectivity index (χ4n) is 3.51. The molecule has 0 fully saturated rings. The maximum Gasteiger partial charge on any atom is 0.326 e. The van der Waals surface area contributed by atoms with Crippen molar-refractivity contribution in [2.24, 2.45) is 11.7 Å². The number of hydrogen-bond acceptors (Lipinski definition) is 8. The Morgan fingerprint density at radius 3 is 2.11 bits per heavy atom. The molecular weight excluding hydrogens is 500 g/mol. The Balaban J connectivity index is 2.08. The van der Waals surface area contributed by atoms with E-state index in [1.54, 1.807) is 12.1 Å². The first-order valence-electron chi connectivity index (χ1n) is 11.8. The van der Waals surface area contributed by atoms with Crippen LogP contribution in [0.4, 0.5) is 0 Å². The number of phenolic OH excluding ortho intramolecular Hbond substituents is 1. The number of H-pyrrole nitrogens is 1. The molecular formula is C24H34N6O6S. The van der Waals surface area contributed by atoms with Crippen LogP contribution in [0.15, 0.2) is 36.8 Å². The number of benzene rings is 1. The highest BCUT2D eigenvalue weighted by atomic mass is 32.1. The number of aromatic amines is 1. The Labute approximate surface area is 220 Å². The molecule has 3 amide bonds. The van der Waals surface area contributed by atoms with Gasteiger partial charge in [-0.3, -0.25) is 14.4 Å². The number of hydrogen-bond donors (Lipinski definition) is 8. The highest BCUT2D eigenvalue weighted by molar-refractivity contribution is 7.80. The fourth-order valence-corrected chi connectivity index (χ4v) is 3.77. The lowest BCUT2D eigenvalue weighted by molar-refractivity contribution is -0.142. The molecule has 37 heavy (non-hydrogen) atoms. The van der Waals surface area contributed by atoms with E-state index in [2.05, 4.69) is 38.5 Å². The van der Waals surface area contributed by atoms with Gasteiger partial charge in [-0.1, -0.05) is 26.0 Å². The molecule has 0 spiro atoms. The van der Waals surface area contributed by atoms with Crippen molar-refractivity contribution in [1.82, 2.24) is 25.9 Å². The van der Waals surface area contributed by atoms with Crippen LogP contribution in [-0.4, -0.2) is 73.8 Å². The average Bonchev–Trinajstić information content (AvgIpc) is 3.35. The number of imidazole rings is 1. The number of carbonyl (C=O) groups is 4. The molecule has 1 aromatic carbocycles. The summed E-state index contributed by atoms with van der Waals surface area (Å²) in [5.41, 5.74) is 7.25. The van der Waals surface area contributed by atoms with Gasteiger partial charge in [0.15, 0.2) is 0 Å². The summed E-state index contributed by atoms with van der Waals surface area (Å²) in [6.07, 6.45) is 3.29. The van der Waals surface area contributed by atoms with Gasteiger partial charge in [-0.05, 0) is 36.5 Å². The zero-order chi connectivity index (χ0) is 27.5. The van der Waals surface area contributed by atoms with Crippen molar-refractivity contribution in [2.45, 2.75) is 57.3 Å². The molecule has 0 bridgehead atoms. The lowest BCUT2D eigenvalue weighted by Crippen LogP contribution is -2.58. The van der Waals surface area contributed by atoms with Crippen molar-refractivity contribution in [3.63, 3.8) is 0 Å². The van der Waals surface area contributed by atoms with E-state index >= 15 is 0 Å². The van der Waals surface area contributed by atoms with Crippen LogP contribution in [0.5, 0.6) is 5.75 Å². The van der Waals surface area contributed by atoms with Gasteiger partial charge in [-0.25, -0.2) is 9.78 Å². The number of aromatic hydroxyl groups is 1. The first-order valence-corrected chi connectivity index (χ1v) is 12.4. The van der Waals surface area contributed by atoms with Gasteiger partial charge in [0.1, 0.15) is 23.9 Å². The van der Waals surface area contributed by atoms with E-state index in [-0.39, 0.29) is 36.7 Å². The van der Waals surface area contributed by atoms with Gasteiger partial charge in [0, 0.05) is 24.1 Å². The van der Waals surface area contributed by atoms with E-state index in [0.717, 1.165) is 5.56 Å². The first-order chi connectivity index (χ1) is 17.5. The van der Waals surface area contributed by atoms with Crippen molar-refractivity contribution in [3.05, 3.63) is 48.0 Å². The third kappa shape index (κ3) is 9.77. The van der Waals surface area contributed by atoms with Crippen molar-refractivity contribution < 1.29 is 29.4 Å². The average molecular weight is 535 g/mol. The van der Waals surface area contributed by atoms with Gasteiger partial charge >= 0.3 is 5.97 Å². The number of carboxylic acid groups (broad SMARTS) is 1. The third-order valence-electron chi connectivity index (χ3n) is 5.48. The minimum Gasteiger partial charge on any atom is -0.508 e. The van der Waals surface area contributed by atoms with Crippen molar-refractivity contribution in [3.8, 4) is 5.75 Å². The fraction of sp³-hybridized carbons (Fsp3) is 0.458. The molecule has 12 nitrogen and oxygen atoms in total. The number of phenols is 1. The first kappa shape index (κ1) is 29.6. The van der Waals surface area contributed by atoms with E-state index < -0.39 is 47.9 Å². The van der Waals surface area contributed by atoms with Crippen molar-refractivity contribution in [1.29, 1.82) is 0 Å². The Morgan fingerprint density at radius 1 is 0.973 bits per heavy atom. The number of carbonyl (C=O) groups excluding carboxylic acids is 3. The van der Waals surface area contributed by atoms with Crippen LogP contribution in [0.3, 0.4) is 0 Å². The number of aliphatic carboxylic acids is 1. The van der Waals surface area contributed by atoms with Gasteiger partial charge in [-0.15, -0.1) is 0 Å². The molecule has 4 unspecified atom stereocenters. The molecule has 13 heteroatoms. The summed E-state index contributed by atoms with van der Waals surface area (Å²) in [4.78, 5) is 57.0. The number of thiol groups is 1. The molecule has 2 aromatic rings. The summed E-state index contributed by atoms with van der Waals surface area (Å²) in [6.45, 7) is 3.66. The molecule has 1 heterocycles. The zero-order valence-corrected chi connectivity index (χ0v) is 21.6. The standard InChI is InChI=1S/C24H34N6O6S/c1-13(2)7-19(24(35)36)29-22(33)18(9-15-10-26-12-27-15)28-23(34)20(11-37)30-21(32)17(25)8-14-3-5-16(31)6-4-14/h3-6,10,12-13,17-20,31,37H,7-9,11,25H2,1-2H3,(H,26,27)(H,28,34)(H,29,33)(H,30,32)(H,35,36). The molecule has 4 atom stereocenters. The Morgan fingerprint density at radius 2 is 1.57 bits per heavy atom. The largest absolute Gasteiger partial charge is 0.508 e. The maximum atomic E-state index is 13.0. The second-order valence-corrected chi connectivity index (χ2v) is 9.46. The molecule has 0 aliphatic heterocycles. The van der Waals surface area contributed by atoms with Gasteiger partial charge < -0.3 is 36.9 Å². The predicted octanol–water partition coefficient (Wildman–Crippen LogP) is -0.257. The van der Waals surface area contributed by atoms with Crippen LogP contribution in [0.2, 0.25) is 0 Å². The molecule has 0 aliphatic carbocycles. The Hall–Kier alpha value is -3.58. The molecule has 0 aliphatic rings. The minimum absolute atomic E-state index is 0.0107. The van der Waals surface area contributed by atoms with Crippen LogP contribution in [0, 0.1) is 5.92 Å². The summed E-state index contributed by atoms with van der Waals surface area (Å²) >= 11 is 4.15. The number of nitrogens with one attached hydrogen (secondary N) is 4. The molecule has 2 rings (SSSR count). The predicted molar refractivity (Wildman–Crippen MR) is 139 cm³/mol. The maximum absolute atomic E-state index is 13.0. The van der Waals surface area contributed by atoms with Crippen LogP contribution in [0.25, 0.3) is 0 Å². The number of aromatic nitrogens is 2. The normalized spacial score (nSPS) is 14.3. The number of amides is 3. The summed E-state index contributed by atoms with van der Waals surface area (Å²) in [5.74, 6) is -3.14. The lowest BCUT2D eigenvalue weighted by atomic mass is 10.0. The van der Waals surface area contributed by atoms with Gasteiger partial charge in [-0.2, -0.15) is 12.6 Å². The summed E-state index contributed by atoms with van der Waals surface area (Å²) in [6, 6.07) is 1.86. The molecule has 202 valence electrons. The van der Waals surface area contributed by atoms with E-state index in [1.807, 2.05) is 13.8 Å². The topological polar surface area (TPSA) is 200 Å². The second kappa shape index (κ2) is 14.2. The van der Waals surface area contributed by atoms with Crippen LogP contribution in [-0.2, 0) is 32.0 Å². The molecule has 1 aromatic heterocycles. The molecule has 0 radical (unpaired) electrons. The lowest BCUT2D eigenvalue weighted by Gasteiger charge is -2.25. The van der Waals surface area contributed by atoms with Crippen molar-refractivity contribution in [2.75, 3.05) is 5.75 Å². The number of nitrogens with zero attached hydrogens (tertiary/aromatic N) is 1. The number of rotatable bonds is 14. The summed E-state index contributed by atoms with van der Waals surface area (Å²) in [5, 5.41) is 26.5. The second-order valence-electron chi connectivity index (χ2n) is 9.09. The van der Waals surface area contributed by atoms with E-state index in [0.29, 0.717) is 5.69 Å². The molecule has 0 saturated carbocycles. The smallest absolute Gasteiger partial charge is 0.326 e. The highest BCUT2D eigenvalue weighted by Gasteiger charge is 2.30. The third-order valence-corrected chi connectivity index (χ3v) is 5.84. The van der Waals surface area contributed by atoms with E-state index in [9.17, 15) is 29.4 Å². The van der Waals surface area contributed by atoms with Crippen molar-refractivity contribution >= 4 is 36.3 Å². The number of carboxylic acids is 1. The van der Waals surface area contributed by atoms with Gasteiger partial charge in [0.2, 0.25) is 17.7 Å².